The molecule has 186 valence electrons. The molecule has 0 unspecified atom stereocenters. The minimum Gasteiger partial charge on any atom is -0.445 e. The molecule has 2 rings (SSSR count). The molecule has 0 bridgehead atoms. The summed E-state index contributed by atoms with van der Waals surface area (Å²) in [6.45, 7) is 7.40. The molecule has 0 radical (unpaired) electrons. The highest BCUT2D eigenvalue weighted by Gasteiger charge is 2.37. The van der Waals surface area contributed by atoms with E-state index < -0.39 is 36.5 Å². The van der Waals surface area contributed by atoms with E-state index in [4.69, 9.17) is 9.47 Å². The number of carbonyl (C=O) groups is 2. The second kappa shape index (κ2) is 13.6. The van der Waals surface area contributed by atoms with Gasteiger partial charge in [0.2, 0.25) is 0 Å². The summed E-state index contributed by atoms with van der Waals surface area (Å²) in [5, 5.41) is 27.1. The number of ether oxygens (including phenoxy) is 2. The van der Waals surface area contributed by atoms with Crippen molar-refractivity contribution in [3.05, 3.63) is 71.8 Å². The highest BCUT2D eigenvalue weighted by atomic mass is 16.6. The van der Waals surface area contributed by atoms with Crippen LogP contribution < -0.4 is 10.6 Å². The van der Waals surface area contributed by atoms with Crippen molar-refractivity contribution in [3.63, 3.8) is 0 Å². The van der Waals surface area contributed by atoms with E-state index in [0.29, 0.717) is 0 Å². The van der Waals surface area contributed by atoms with Gasteiger partial charge < -0.3 is 30.3 Å². The summed E-state index contributed by atoms with van der Waals surface area (Å²) >= 11 is 0. The summed E-state index contributed by atoms with van der Waals surface area (Å²) in [6, 6.07) is 16.8. The maximum atomic E-state index is 12.3. The summed E-state index contributed by atoms with van der Waals surface area (Å²) in [5.41, 5.74) is 1.66. The number of hydrogen-bond acceptors (Lipinski definition) is 6. The predicted octanol–water partition coefficient (Wildman–Crippen LogP) is 3.61. The zero-order valence-corrected chi connectivity index (χ0v) is 20.2. The lowest BCUT2D eigenvalue weighted by Crippen LogP contribution is -2.59. The zero-order chi connectivity index (χ0) is 25.1. The lowest BCUT2D eigenvalue weighted by Gasteiger charge is -2.35. The van der Waals surface area contributed by atoms with Gasteiger partial charge in [-0.1, -0.05) is 88.4 Å². The van der Waals surface area contributed by atoms with E-state index in [1.165, 1.54) is 0 Å². The van der Waals surface area contributed by atoms with Gasteiger partial charge in [0.05, 0.1) is 12.1 Å². The topological polar surface area (TPSA) is 117 Å². The molecule has 2 aromatic rings. The van der Waals surface area contributed by atoms with Crippen molar-refractivity contribution in [2.75, 3.05) is 0 Å². The lowest BCUT2D eigenvalue weighted by atomic mass is 9.88. The van der Waals surface area contributed by atoms with Crippen LogP contribution in [0.2, 0.25) is 0 Å². The summed E-state index contributed by atoms with van der Waals surface area (Å²) in [7, 11) is 0. The van der Waals surface area contributed by atoms with Gasteiger partial charge in [0.25, 0.3) is 0 Å². The zero-order valence-electron chi connectivity index (χ0n) is 20.2. The summed E-state index contributed by atoms with van der Waals surface area (Å²) in [6.07, 6.45) is -4.12. The first-order valence-corrected chi connectivity index (χ1v) is 11.5. The van der Waals surface area contributed by atoms with Crippen LogP contribution in [0.5, 0.6) is 0 Å². The van der Waals surface area contributed by atoms with E-state index >= 15 is 0 Å². The van der Waals surface area contributed by atoms with Crippen LogP contribution in [-0.4, -0.2) is 46.7 Å². The van der Waals surface area contributed by atoms with Gasteiger partial charge in [-0.25, -0.2) is 9.59 Å². The minimum atomic E-state index is -1.36. The highest BCUT2D eigenvalue weighted by Crippen LogP contribution is 2.17. The van der Waals surface area contributed by atoms with Crippen molar-refractivity contribution in [1.82, 2.24) is 10.6 Å². The average Bonchev–Trinajstić information content (AvgIpc) is 2.83. The molecule has 0 aliphatic carbocycles. The molecule has 0 saturated heterocycles. The molecule has 8 heteroatoms. The molecular formula is C26H36N2O6. The van der Waals surface area contributed by atoms with E-state index in [1.54, 1.807) is 0 Å². The van der Waals surface area contributed by atoms with Crippen molar-refractivity contribution in [2.45, 2.75) is 65.2 Å². The third-order valence-corrected chi connectivity index (χ3v) is 5.52. The number of benzene rings is 2. The first kappa shape index (κ1) is 27.1. The predicted molar refractivity (Wildman–Crippen MR) is 129 cm³/mol. The number of nitrogens with one attached hydrogen (secondary N) is 2. The molecule has 2 amide bonds. The van der Waals surface area contributed by atoms with Crippen molar-refractivity contribution >= 4 is 12.2 Å². The van der Waals surface area contributed by atoms with Gasteiger partial charge in [-0.05, 0) is 23.0 Å². The molecule has 0 aliphatic rings. The number of hydrogen-bond donors (Lipinski definition) is 4. The van der Waals surface area contributed by atoms with Crippen molar-refractivity contribution in [3.8, 4) is 0 Å². The maximum absolute atomic E-state index is 12.3. The van der Waals surface area contributed by atoms with Gasteiger partial charge in [0, 0.05) is 0 Å². The molecule has 4 N–H and O–H groups in total. The second-order valence-corrected chi connectivity index (χ2v) is 8.93. The van der Waals surface area contributed by atoms with E-state index in [1.807, 2.05) is 88.4 Å². The Bertz CT molecular complexity index is 802. The molecule has 0 saturated carbocycles. The lowest BCUT2D eigenvalue weighted by molar-refractivity contribution is -0.0403. The Kier molecular flexibility index (Phi) is 10.8. The molecule has 8 nitrogen and oxygen atoms in total. The Hall–Kier alpha value is -3.10. The van der Waals surface area contributed by atoms with Gasteiger partial charge in [0.1, 0.15) is 25.4 Å². The summed E-state index contributed by atoms with van der Waals surface area (Å²) < 4.78 is 10.5. The van der Waals surface area contributed by atoms with Crippen LogP contribution >= 0.6 is 0 Å². The number of amides is 2. The van der Waals surface area contributed by atoms with Crippen LogP contribution in [0.4, 0.5) is 9.59 Å². The molecule has 0 spiro atoms. The summed E-state index contributed by atoms with van der Waals surface area (Å²) in [5.74, 6) is -0.432. The Morgan fingerprint density at radius 1 is 0.676 bits per heavy atom. The normalized spacial score (nSPS) is 14.7. The molecule has 4 atom stereocenters. The van der Waals surface area contributed by atoms with Gasteiger partial charge in [0.15, 0.2) is 0 Å². The molecule has 0 fully saturated rings. The fraction of sp³-hybridized carbons (Fsp3) is 0.462. The molecule has 2 aromatic carbocycles. The second-order valence-electron chi connectivity index (χ2n) is 8.93. The fourth-order valence-corrected chi connectivity index (χ4v) is 3.52. The van der Waals surface area contributed by atoms with Crippen molar-refractivity contribution < 1.29 is 29.3 Å². The third-order valence-electron chi connectivity index (χ3n) is 5.52. The van der Waals surface area contributed by atoms with Crippen LogP contribution in [0.1, 0.15) is 38.8 Å². The summed E-state index contributed by atoms with van der Waals surface area (Å²) in [4.78, 5) is 24.7. The van der Waals surface area contributed by atoms with E-state index in [0.717, 1.165) is 11.1 Å². The van der Waals surface area contributed by atoms with Gasteiger partial charge in [-0.15, -0.1) is 0 Å². The van der Waals surface area contributed by atoms with Crippen LogP contribution in [-0.2, 0) is 22.7 Å². The molecule has 0 aromatic heterocycles. The van der Waals surface area contributed by atoms with Crippen LogP contribution in [0.15, 0.2) is 60.7 Å². The van der Waals surface area contributed by atoms with E-state index in [-0.39, 0.29) is 25.0 Å². The Morgan fingerprint density at radius 3 is 1.29 bits per heavy atom. The van der Waals surface area contributed by atoms with Gasteiger partial charge in [-0.3, -0.25) is 0 Å². The molecule has 0 heterocycles. The number of alkyl carbamates (subject to hydrolysis) is 2. The van der Waals surface area contributed by atoms with Crippen molar-refractivity contribution in [2.24, 2.45) is 11.8 Å². The van der Waals surface area contributed by atoms with Crippen LogP contribution in [0.3, 0.4) is 0 Å². The number of carbonyl (C=O) groups excluding carboxylic acids is 2. The first-order chi connectivity index (χ1) is 16.2. The Labute approximate surface area is 201 Å². The average molecular weight is 473 g/mol. The Balaban J connectivity index is 1.96. The van der Waals surface area contributed by atoms with Gasteiger partial charge >= 0.3 is 12.2 Å². The largest absolute Gasteiger partial charge is 0.445 e. The molecule has 34 heavy (non-hydrogen) atoms. The smallest absolute Gasteiger partial charge is 0.407 e. The third kappa shape index (κ3) is 8.68. The van der Waals surface area contributed by atoms with E-state index in [2.05, 4.69) is 10.6 Å². The molecule has 0 aliphatic heterocycles. The quantitative estimate of drug-likeness (QED) is 0.397. The number of rotatable bonds is 11. The standard InChI is InChI=1S/C26H36N2O6/c1-17(2)21(27-25(31)33-15-19-11-7-5-8-12-19)23(29)24(30)22(18(3)4)28-26(32)34-16-20-13-9-6-10-14-20/h5-14,17-18,21-24,29-30H,15-16H2,1-4H3,(H,27,31)(H,28,32)/t21-,22-,23+,24+/m1/s1. The van der Waals surface area contributed by atoms with Crippen LogP contribution in [0, 0.1) is 11.8 Å². The SMILES string of the molecule is CC(C)[C@@H](NC(=O)OCc1ccccc1)[C@H](O)[C@@H](O)[C@H](NC(=O)OCc1ccccc1)C(C)C. The Morgan fingerprint density at radius 2 is 1.00 bits per heavy atom. The van der Waals surface area contributed by atoms with Crippen LogP contribution in [0.25, 0.3) is 0 Å². The van der Waals surface area contributed by atoms with Crippen molar-refractivity contribution in [1.29, 1.82) is 0 Å². The van der Waals surface area contributed by atoms with E-state index in [9.17, 15) is 19.8 Å². The number of aliphatic hydroxyl groups is 2. The minimum absolute atomic E-state index is 0.0829. The first-order valence-electron chi connectivity index (χ1n) is 11.5. The molecular weight excluding hydrogens is 436 g/mol. The fourth-order valence-electron chi connectivity index (χ4n) is 3.52. The number of aliphatic hydroxyl groups excluding tert-OH is 2. The van der Waals surface area contributed by atoms with Gasteiger partial charge in [-0.2, -0.15) is 0 Å². The monoisotopic (exact) mass is 472 g/mol. The maximum Gasteiger partial charge on any atom is 0.407 e. The highest BCUT2D eigenvalue weighted by molar-refractivity contribution is 5.68.